The molecule has 0 aliphatic carbocycles. The summed E-state index contributed by atoms with van der Waals surface area (Å²) in [5.74, 6) is -3.27. The predicted octanol–water partition coefficient (Wildman–Crippen LogP) is 3.81. The van der Waals surface area contributed by atoms with E-state index in [2.05, 4.69) is 9.97 Å². The Bertz CT molecular complexity index is 1240. The van der Waals surface area contributed by atoms with Crippen LogP contribution in [0.15, 0.2) is 67.3 Å². The van der Waals surface area contributed by atoms with Gasteiger partial charge in [0, 0.05) is 30.6 Å². The molecule has 1 aliphatic heterocycles. The average molecular weight is 408 g/mol. The van der Waals surface area contributed by atoms with Crippen LogP contribution in [0.3, 0.4) is 0 Å². The first-order valence-corrected chi connectivity index (χ1v) is 9.61. The van der Waals surface area contributed by atoms with Gasteiger partial charge in [-0.2, -0.15) is 0 Å². The maximum absolute atomic E-state index is 14.6. The molecule has 8 heteroatoms. The van der Waals surface area contributed by atoms with Crippen molar-refractivity contribution in [2.75, 3.05) is 13.1 Å². The lowest BCUT2D eigenvalue weighted by Crippen LogP contribution is -2.55. The second-order valence-electron chi connectivity index (χ2n) is 7.32. The van der Waals surface area contributed by atoms with Gasteiger partial charge in [0.1, 0.15) is 0 Å². The molecule has 0 spiro atoms. The van der Waals surface area contributed by atoms with Crippen molar-refractivity contribution in [3.63, 3.8) is 0 Å². The van der Waals surface area contributed by atoms with Crippen LogP contribution in [0.1, 0.15) is 16.8 Å². The van der Waals surface area contributed by atoms with Crippen LogP contribution in [0.4, 0.5) is 8.78 Å². The van der Waals surface area contributed by atoms with Crippen LogP contribution in [0.25, 0.3) is 16.4 Å². The minimum atomic E-state index is -3.06. The number of hydrogen-bond acceptors (Lipinski definition) is 4. The molecule has 30 heavy (non-hydrogen) atoms. The van der Waals surface area contributed by atoms with Gasteiger partial charge in [0.2, 0.25) is 5.88 Å². The molecule has 0 N–H and O–H groups in total. The number of para-hydroxylation sites is 1. The van der Waals surface area contributed by atoms with Crippen molar-refractivity contribution in [2.45, 2.75) is 18.4 Å². The molecule has 5 rings (SSSR count). The Balaban J connectivity index is 1.40. The van der Waals surface area contributed by atoms with E-state index in [-0.39, 0.29) is 24.9 Å². The van der Waals surface area contributed by atoms with Crippen LogP contribution in [0, 0.1) is 0 Å². The number of likely N-dealkylation sites (tertiary alicyclic amines) is 1. The van der Waals surface area contributed by atoms with Gasteiger partial charge in [-0.25, -0.2) is 18.7 Å². The Morgan fingerprint density at radius 3 is 2.90 bits per heavy atom. The highest BCUT2D eigenvalue weighted by Crippen LogP contribution is 2.32. The number of piperidine rings is 1. The number of aromatic nitrogens is 3. The molecular formula is C22H18F2N4O2. The molecular weight excluding hydrogens is 390 g/mol. The van der Waals surface area contributed by atoms with Gasteiger partial charge in [0.15, 0.2) is 6.10 Å². The lowest BCUT2D eigenvalue weighted by atomic mass is 10.0. The van der Waals surface area contributed by atoms with Crippen molar-refractivity contribution < 1.29 is 18.3 Å². The highest BCUT2D eigenvalue weighted by Gasteiger charge is 2.47. The van der Waals surface area contributed by atoms with E-state index in [1.807, 2.05) is 18.2 Å². The van der Waals surface area contributed by atoms with Gasteiger partial charge in [0.25, 0.3) is 11.8 Å². The molecule has 1 unspecified atom stereocenters. The number of hydrogen-bond donors (Lipinski definition) is 0. The Hall–Kier alpha value is -3.55. The third-order valence-corrected chi connectivity index (χ3v) is 5.38. The summed E-state index contributed by atoms with van der Waals surface area (Å²) < 4.78 is 36.5. The Kier molecular flexibility index (Phi) is 4.34. The van der Waals surface area contributed by atoms with E-state index in [0.717, 1.165) is 5.39 Å². The highest BCUT2D eigenvalue weighted by molar-refractivity contribution is 6.00. The highest BCUT2D eigenvalue weighted by atomic mass is 19.3. The van der Waals surface area contributed by atoms with E-state index in [4.69, 9.17) is 4.74 Å². The standard InChI is InChI=1S/C22H18F2N4O2/c23-22(24)9-11-27(21(29)16-5-3-10-28-14-25-12-18(16)28)13-19(22)30-20-8-7-15-4-1-2-6-17(15)26-20/h1-8,10,12,14,19H,9,11,13H2. The summed E-state index contributed by atoms with van der Waals surface area (Å²) in [6.07, 6.45) is 3.00. The van der Waals surface area contributed by atoms with Crippen molar-refractivity contribution in [3.05, 3.63) is 72.8 Å². The molecule has 1 amide bonds. The third kappa shape index (κ3) is 3.24. The monoisotopic (exact) mass is 408 g/mol. The van der Waals surface area contributed by atoms with Gasteiger partial charge in [-0.15, -0.1) is 0 Å². The van der Waals surface area contributed by atoms with Gasteiger partial charge >= 0.3 is 0 Å². The third-order valence-electron chi connectivity index (χ3n) is 5.38. The molecule has 1 fully saturated rings. The summed E-state index contributed by atoms with van der Waals surface area (Å²) >= 11 is 0. The topological polar surface area (TPSA) is 59.7 Å². The predicted molar refractivity (Wildman–Crippen MR) is 107 cm³/mol. The number of nitrogens with zero attached hydrogens (tertiary/aromatic N) is 4. The van der Waals surface area contributed by atoms with Crippen molar-refractivity contribution in [3.8, 4) is 5.88 Å². The zero-order valence-corrected chi connectivity index (χ0v) is 15.9. The number of alkyl halides is 2. The summed E-state index contributed by atoms with van der Waals surface area (Å²) in [7, 11) is 0. The molecule has 0 saturated carbocycles. The zero-order valence-electron chi connectivity index (χ0n) is 15.9. The first kappa shape index (κ1) is 18.5. The number of carbonyl (C=O) groups is 1. The lowest BCUT2D eigenvalue weighted by molar-refractivity contribution is -0.131. The average Bonchev–Trinajstić information content (AvgIpc) is 3.23. The largest absolute Gasteiger partial charge is 0.466 e. The minimum Gasteiger partial charge on any atom is -0.466 e. The first-order valence-electron chi connectivity index (χ1n) is 9.61. The number of imidazole rings is 1. The van der Waals surface area contributed by atoms with Crippen molar-refractivity contribution in [2.24, 2.45) is 0 Å². The number of fused-ring (bicyclic) bond motifs is 2. The maximum Gasteiger partial charge on any atom is 0.287 e. The van der Waals surface area contributed by atoms with Crippen LogP contribution in [-0.2, 0) is 0 Å². The van der Waals surface area contributed by atoms with Gasteiger partial charge in [-0.05, 0) is 24.3 Å². The van der Waals surface area contributed by atoms with Crippen LogP contribution >= 0.6 is 0 Å². The van der Waals surface area contributed by atoms with Crippen molar-refractivity contribution in [1.29, 1.82) is 0 Å². The number of pyridine rings is 2. The summed E-state index contributed by atoms with van der Waals surface area (Å²) in [5, 5.41) is 0.894. The SMILES string of the molecule is O=C(c1cccn2cncc12)N1CCC(F)(F)C(Oc2ccc3ccccc3n2)C1. The molecule has 1 saturated heterocycles. The van der Waals surface area contributed by atoms with E-state index >= 15 is 0 Å². The first-order chi connectivity index (χ1) is 14.5. The van der Waals surface area contributed by atoms with Crippen LogP contribution in [0.5, 0.6) is 5.88 Å². The number of ether oxygens (including phenoxy) is 1. The molecule has 4 aromatic rings. The summed E-state index contributed by atoms with van der Waals surface area (Å²) in [6.45, 7) is -0.276. The molecule has 6 nitrogen and oxygen atoms in total. The molecule has 1 aliphatic rings. The number of carbonyl (C=O) groups excluding carboxylic acids is 1. The molecule has 1 aromatic carbocycles. The fourth-order valence-electron chi connectivity index (χ4n) is 3.74. The zero-order chi connectivity index (χ0) is 20.7. The summed E-state index contributed by atoms with van der Waals surface area (Å²) in [4.78, 5) is 22.8. The fraction of sp³-hybridized carbons (Fsp3) is 0.227. The fourth-order valence-corrected chi connectivity index (χ4v) is 3.74. The number of halogens is 2. The number of rotatable bonds is 3. The van der Waals surface area contributed by atoms with Crippen LogP contribution in [-0.4, -0.2) is 50.3 Å². The second-order valence-corrected chi connectivity index (χ2v) is 7.32. The van der Waals surface area contributed by atoms with E-state index < -0.39 is 18.4 Å². The van der Waals surface area contributed by atoms with Gasteiger partial charge in [-0.1, -0.05) is 18.2 Å². The Morgan fingerprint density at radius 1 is 1.13 bits per heavy atom. The van der Waals surface area contributed by atoms with Crippen LogP contribution < -0.4 is 4.74 Å². The van der Waals surface area contributed by atoms with Crippen LogP contribution in [0.2, 0.25) is 0 Å². The molecule has 4 heterocycles. The van der Waals surface area contributed by atoms with Crippen molar-refractivity contribution >= 4 is 22.3 Å². The smallest absolute Gasteiger partial charge is 0.287 e. The lowest BCUT2D eigenvalue weighted by Gasteiger charge is -2.38. The molecule has 3 aromatic heterocycles. The van der Waals surface area contributed by atoms with Gasteiger partial charge in [-0.3, -0.25) is 4.79 Å². The van der Waals surface area contributed by atoms with Crippen molar-refractivity contribution in [1.82, 2.24) is 19.3 Å². The number of amides is 1. The van der Waals surface area contributed by atoms with E-state index in [1.54, 1.807) is 53.5 Å². The minimum absolute atomic E-state index is 0.0496. The summed E-state index contributed by atoms with van der Waals surface area (Å²) in [5.41, 5.74) is 1.71. The quantitative estimate of drug-likeness (QED) is 0.517. The van der Waals surface area contributed by atoms with E-state index in [9.17, 15) is 13.6 Å². The normalized spacial score (nSPS) is 18.6. The number of benzene rings is 1. The Labute approximate surface area is 170 Å². The van der Waals surface area contributed by atoms with E-state index in [1.165, 1.54) is 4.90 Å². The Morgan fingerprint density at radius 2 is 2.00 bits per heavy atom. The molecule has 1 atom stereocenters. The molecule has 0 radical (unpaired) electrons. The second kappa shape index (κ2) is 7.05. The summed E-state index contributed by atoms with van der Waals surface area (Å²) in [6, 6.07) is 14.1. The maximum atomic E-state index is 14.6. The molecule has 152 valence electrons. The van der Waals surface area contributed by atoms with Gasteiger partial charge in [0.05, 0.1) is 35.7 Å². The molecule has 0 bridgehead atoms. The van der Waals surface area contributed by atoms with E-state index in [0.29, 0.717) is 16.6 Å². The van der Waals surface area contributed by atoms with Gasteiger partial charge < -0.3 is 14.0 Å².